The van der Waals surface area contributed by atoms with Gasteiger partial charge in [-0.15, -0.1) is 0 Å². The van der Waals surface area contributed by atoms with E-state index in [4.69, 9.17) is 0 Å². The average molecular weight is 334 g/mol. The van der Waals surface area contributed by atoms with Crippen LogP contribution in [0, 0.1) is 36.0 Å². The van der Waals surface area contributed by atoms with Crippen LogP contribution in [0.25, 0.3) is 0 Å². The zero-order chi connectivity index (χ0) is 13.9. The van der Waals surface area contributed by atoms with Crippen LogP contribution in [0.3, 0.4) is 0 Å². The minimum Gasteiger partial charge on any atom is -0.299 e. The first-order chi connectivity index (χ1) is 9.65. The van der Waals surface area contributed by atoms with Gasteiger partial charge in [0.25, 0.3) is 0 Å². The third kappa shape index (κ3) is 1.82. The summed E-state index contributed by atoms with van der Waals surface area (Å²) in [4.78, 5) is 23.8. The number of ketones is 2. The Balaban J connectivity index is 1.67. The molecule has 0 N–H and O–H groups in total. The highest BCUT2D eigenvalue weighted by Gasteiger charge is 2.51. The van der Waals surface area contributed by atoms with Crippen molar-refractivity contribution in [2.24, 2.45) is 29.6 Å². The summed E-state index contributed by atoms with van der Waals surface area (Å²) in [5.41, 5.74) is 1.22. The highest BCUT2D eigenvalue weighted by atomic mass is 79.9. The fourth-order valence-corrected chi connectivity index (χ4v) is 5.72. The van der Waals surface area contributed by atoms with Gasteiger partial charge >= 0.3 is 0 Å². The molecule has 6 atom stereocenters. The van der Waals surface area contributed by atoms with Gasteiger partial charge in [-0.05, 0) is 61.2 Å². The van der Waals surface area contributed by atoms with Crippen molar-refractivity contribution in [3.63, 3.8) is 0 Å². The Kier molecular flexibility index (Phi) is 3.03. The zero-order valence-corrected chi connectivity index (χ0v) is 12.9. The van der Waals surface area contributed by atoms with Crippen molar-refractivity contribution in [3.05, 3.63) is 30.2 Å². The number of hydrogen-bond donors (Lipinski definition) is 0. The number of fused-ring (bicyclic) bond motifs is 5. The average Bonchev–Trinajstić information content (AvgIpc) is 2.81. The van der Waals surface area contributed by atoms with E-state index in [0.717, 1.165) is 25.7 Å². The Labute approximate surface area is 127 Å². The lowest BCUT2D eigenvalue weighted by molar-refractivity contribution is -0.122. The Morgan fingerprint density at radius 2 is 1.95 bits per heavy atom. The molecular formula is C17H18BrO2. The lowest BCUT2D eigenvalue weighted by atomic mass is 9.57. The summed E-state index contributed by atoms with van der Waals surface area (Å²) in [6, 6.07) is 0. The molecule has 0 spiro atoms. The Morgan fingerprint density at radius 3 is 2.80 bits per heavy atom. The summed E-state index contributed by atoms with van der Waals surface area (Å²) in [7, 11) is 0. The van der Waals surface area contributed by atoms with Crippen molar-refractivity contribution in [1.82, 2.24) is 0 Å². The fourth-order valence-electron chi connectivity index (χ4n) is 4.93. The summed E-state index contributed by atoms with van der Waals surface area (Å²) >= 11 is 3.74. The van der Waals surface area contributed by atoms with Gasteiger partial charge in [-0.3, -0.25) is 9.59 Å². The topological polar surface area (TPSA) is 34.1 Å². The van der Waals surface area contributed by atoms with E-state index in [1.807, 2.05) is 6.08 Å². The number of hydrogen-bond acceptors (Lipinski definition) is 2. The van der Waals surface area contributed by atoms with E-state index in [0.29, 0.717) is 35.4 Å². The number of halogens is 1. The van der Waals surface area contributed by atoms with Gasteiger partial charge in [-0.1, -0.05) is 22.0 Å². The van der Waals surface area contributed by atoms with Crippen LogP contribution in [0.15, 0.2) is 23.8 Å². The molecule has 0 aromatic carbocycles. The van der Waals surface area contributed by atoms with Gasteiger partial charge in [-0.25, -0.2) is 0 Å². The maximum atomic E-state index is 12.0. The number of carbonyl (C=O) groups excluding carboxylic acids is 2. The van der Waals surface area contributed by atoms with Gasteiger partial charge in [0.2, 0.25) is 0 Å². The number of Topliss-reactive ketones (excluding diaryl/α,β-unsaturated/α-hetero) is 1. The molecule has 20 heavy (non-hydrogen) atoms. The molecule has 0 aliphatic heterocycles. The number of alkyl halides is 1. The lowest BCUT2D eigenvalue weighted by Crippen LogP contribution is -2.44. The van der Waals surface area contributed by atoms with Crippen LogP contribution in [0.4, 0.5) is 0 Å². The standard InChI is InChI=1S/C17H18BrO2/c18-16-8-14-10(11-2-1-9(19)7-15(11)16)3-4-13-12(14)5-6-17(13)20/h1-2,7-8,10-14,16H,3-6H2. The van der Waals surface area contributed by atoms with E-state index in [2.05, 4.69) is 28.4 Å². The Bertz CT molecular complexity index is 533. The second-order valence-electron chi connectivity index (χ2n) is 6.62. The third-order valence-electron chi connectivity index (χ3n) is 5.79. The monoisotopic (exact) mass is 333 g/mol. The van der Waals surface area contributed by atoms with Crippen molar-refractivity contribution < 1.29 is 9.59 Å². The van der Waals surface area contributed by atoms with Crippen LogP contribution >= 0.6 is 15.9 Å². The molecule has 0 heterocycles. The molecule has 6 unspecified atom stereocenters. The second kappa shape index (κ2) is 4.66. The van der Waals surface area contributed by atoms with Crippen LogP contribution in [-0.4, -0.2) is 16.4 Å². The molecule has 0 amide bonds. The van der Waals surface area contributed by atoms with E-state index < -0.39 is 0 Å². The molecular weight excluding hydrogens is 316 g/mol. The molecule has 0 saturated heterocycles. The highest BCUT2D eigenvalue weighted by Crippen LogP contribution is 2.55. The lowest BCUT2D eigenvalue weighted by Gasteiger charge is -2.48. The summed E-state index contributed by atoms with van der Waals surface area (Å²) in [6.45, 7) is 0. The van der Waals surface area contributed by atoms with Crippen molar-refractivity contribution in [3.8, 4) is 0 Å². The zero-order valence-electron chi connectivity index (χ0n) is 11.3. The Hall–Kier alpha value is -0.700. The minimum absolute atomic E-state index is 0.109. The predicted molar refractivity (Wildman–Crippen MR) is 80.2 cm³/mol. The van der Waals surface area contributed by atoms with Gasteiger partial charge < -0.3 is 0 Å². The summed E-state index contributed by atoms with van der Waals surface area (Å²) in [5.74, 6) is 2.97. The van der Waals surface area contributed by atoms with Crippen LogP contribution < -0.4 is 0 Å². The molecule has 0 aromatic rings. The van der Waals surface area contributed by atoms with Gasteiger partial charge in [-0.2, -0.15) is 0 Å². The SMILES string of the molecule is O=C1C=CC2C(=C1)C(Br)[CH]C1C2CCC2C(=O)CCC21. The van der Waals surface area contributed by atoms with Gasteiger partial charge in [0.05, 0.1) is 0 Å². The first-order valence-corrected chi connectivity index (χ1v) is 8.52. The number of rotatable bonds is 0. The molecule has 3 heteroatoms. The van der Waals surface area contributed by atoms with Crippen molar-refractivity contribution in [2.75, 3.05) is 0 Å². The molecule has 3 fully saturated rings. The fraction of sp³-hybridized carbons (Fsp3) is 0.588. The minimum atomic E-state index is 0.109. The van der Waals surface area contributed by atoms with Crippen molar-refractivity contribution in [2.45, 2.75) is 30.5 Å². The summed E-state index contributed by atoms with van der Waals surface area (Å²) in [5, 5.41) is 0. The summed E-state index contributed by atoms with van der Waals surface area (Å²) in [6.07, 6.45) is 12.0. The maximum Gasteiger partial charge on any atom is 0.178 e. The molecule has 2 nitrogen and oxygen atoms in total. The number of carbonyl (C=O) groups is 2. The van der Waals surface area contributed by atoms with Gasteiger partial charge in [0, 0.05) is 23.1 Å². The van der Waals surface area contributed by atoms with Crippen LogP contribution in [-0.2, 0) is 9.59 Å². The van der Waals surface area contributed by atoms with Gasteiger partial charge in [0.1, 0.15) is 5.78 Å². The first-order valence-electron chi connectivity index (χ1n) is 7.60. The van der Waals surface area contributed by atoms with E-state index in [9.17, 15) is 9.59 Å². The quantitative estimate of drug-likeness (QED) is 0.637. The first kappa shape index (κ1) is 13.0. The second-order valence-corrected chi connectivity index (χ2v) is 7.61. The third-order valence-corrected chi connectivity index (χ3v) is 6.62. The number of allylic oxidation sites excluding steroid dienone is 4. The summed E-state index contributed by atoms with van der Waals surface area (Å²) < 4.78 is 0. The molecule has 4 rings (SSSR count). The van der Waals surface area contributed by atoms with E-state index in [1.54, 1.807) is 6.08 Å². The van der Waals surface area contributed by atoms with Crippen LogP contribution in [0.5, 0.6) is 0 Å². The van der Waals surface area contributed by atoms with Crippen LogP contribution in [0.2, 0.25) is 0 Å². The molecule has 0 bridgehead atoms. The molecule has 4 aliphatic carbocycles. The molecule has 3 saturated carbocycles. The van der Waals surface area contributed by atoms with Gasteiger partial charge in [0.15, 0.2) is 5.78 Å². The normalized spacial score (nSPS) is 46.5. The Morgan fingerprint density at radius 1 is 1.10 bits per heavy atom. The molecule has 1 radical (unpaired) electrons. The molecule has 4 aliphatic rings. The van der Waals surface area contributed by atoms with Crippen LogP contribution in [0.1, 0.15) is 25.7 Å². The molecule has 105 valence electrons. The van der Waals surface area contributed by atoms with Crippen molar-refractivity contribution >= 4 is 27.5 Å². The maximum absolute atomic E-state index is 12.0. The molecule has 0 aromatic heterocycles. The van der Waals surface area contributed by atoms with Crippen molar-refractivity contribution in [1.29, 1.82) is 0 Å². The van der Waals surface area contributed by atoms with E-state index in [1.165, 1.54) is 5.57 Å². The van der Waals surface area contributed by atoms with E-state index in [-0.39, 0.29) is 10.6 Å². The predicted octanol–water partition coefficient (Wildman–Crippen LogP) is 3.27. The van der Waals surface area contributed by atoms with E-state index >= 15 is 0 Å². The highest BCUT2D eigenvalue weighted by molar-refractivity contribution is 9.09. The smallest absolute Gasteiger partial charge is 0.178 e. The largest absolute Gasteiger partial charge is 0.299 e.